The average molecular weight is 246 g/mol. The smallest absolute Gasteiger partial charge is 0.262 e. The monoisotopic (exact) mass is 246 g/mol. The van der Waals surface area contributed by atoms with E-state index in [1.165, 1.54) is 12.3 Å². The molecule has 4 nitrogen and oxygen atoms in total. The third-order valence-electron chi connectivity index (χ3n) is 2.16. The van der Waals surface area contributed by atoms with Gasteiger partial charge in [0.05, 0.1) is 11.9 Å². The van der Waals surface area contributed by atoms with Gasteiger partial charge in [-0.05, 0) is 18.2 Å². The third kappa shape index (κ3) is 3.28. The second-order valence-electron chi connectivity index (χ2n) is 3.51. The Balaban J connectivity index is 1.88. The predicted molar refractivity (Wildman–Crippen MR) is 64.8 cm³/mol. The van der Waals surface area contributed by atoms with Crippen LogP contribution in [0.1, 0.15) is 0 Å². The SMILES string of the molecule is O=C(COc1ccccc1)Nc1ccncc1F. The summed E-state index contributed by atoms with van der Waals surface area (Å²) in [5.74, 6) is -0.419. The summed E-state index contributed by atoms with van der Waals surface area (Å²) >= 11 is 0. The van der Waals surface area contributed by atoms with Gasteiger partial charge in [0.15, 0.2) is 12.4 Å². The average Bonchev–Trinajstić information content (AvgIpc) is 2.40. The van der Waals surface area contributed by atoms with Gasteiger partial charge < -0.3 is 10.1 Å². The highest BCUT2D eigenvalue weighted by atomic mass is 19.1. The highest BCUT2D eigenvalue weighted by molar-refractivity contribution is 5.91. The molecule has 0 fully saturated rings. The van der Waals surface area contributed by atoms with Crippen molar-refractivity contribution in [3.63, 3.8) is 0 Å². The number of halogens is 1. The van der Waals surface area contributed by atoms with Crippen molar-refractivity contribution in [1.29, 1.82) is 0 Å². The van der Waals surface area contributed by atoms with E-state index in [0.29, 0.717) is 5.75 Å². The number of hydrogen-bond donors (Lipinski definition) is 1. The normalized spacial score (nSPS) is 9.83. The number of hydrogen-bond acceptors (Lipinski definition) is 3. The van der Waals surface area contributed by atoms with Crippen LogP contribution in [0.2, 0.25) is 0 Å². The molecule has 0 bridgehead atoms. The minimum absolute atomic E-state index is 0.0895. The van der Waals surface area contributed by atoms with Crippen molar-refractivity contribution in [3.05, 3.63) is 54.6 Å². The summed E-state index contributed by atoms with van der Waals surface area (Å²) in [4.78, 5) is 15.1. The van der Waals surface area contributed by atoms with Gasteiger partial charge in [-0.25, -0.2) is 4.39 Å². The maximum Gasteiger partial charge on any atom is 0.262 e. The van der Waals surface area contributed by atoms with Gasteiger partial charge >= 0.3 is 0 Å². The van der Waals surface area contributed by atoms with E-state index in [4.69, 9.17) is 4.74 Å². The first-order valence-corrected chi connectivity index (χ1v) is 5.33. The van der Waals surface area contributed by atoms with E-state index in [-0.39, 0.29) is 12.3 Å². The highest BCUT2D eigenvalue weighted by Crippen LogP contribution is 2.11. The lowest BCUT2D eigenvalue weighted by Gasteiger charge is -2.07. The van der Waals surface area contributed by atoms with E-state index < -0.39 is 11.7 Å². The molecule has 1 heterocycles. The number of nitrogens with one attached hydrogen (secondary N) is 1. The Morgan fingerprint density at radius 3 is 2.78 bits per heavy atom. The van der Waals surface area contributed by atoms with Crippen LogP contribution in [-0.2, 0) is 4.79 Å². The fourth-order valence-corrected chi connectivity index (χ4v) is 1.33. The number of carbonyl (C=O) groups is 1. The molecule has 0 aliphatic rings. The largest absolute Gasteiger partial charge is 0.484 e. The van der Waals surface area contributed by atoms with E-state index in [2.05, 4.69) is 10.3 Å². The highest BCUT2D eigenvalue weighted by Gasteiger charge is 2.07. The number of nitrogens with zero attached hydrogens (tertiary/aromatic N) is 1. The fraction of sp³-hybridized carbons (Fsp3) is 0.0769. The molecular formula is C13H11FN2O2. The summed E-state index contributed by atoms with van der Waals surface area (Å²) in [7, 11) is 0. The van der Waals surface area contributed by atoms with E-state index in [1.54, 1.807) is 24.3 Å². The van der Waals surface area contributed by atoms with Crippen molar-refractivity contribution in [3.8, 4) is 5.75 Å². The Labute approximate surface area is 103 Å². The van der Waals surface area contributed by atoms with Gasteiger partial charge in [0, 0.05) is 6.20 Å². The topological polar surface area (TPSA) is 51.2 Å². The van der Waals surface area contributed by atoms with Gasteiger partial charge in [-0.3, -0.25) is 9.78 Å². The Morgan fingerprint density at radius 1 is 1.28 bits per heavy atom. The van der Waals surface area contributed by atoms with Crippen LogP contribution in [0.3, 0.4) is 0 Å². The van der Waals surface area contributed by atoms with Gasteiger partial charge in [-0.15, -0.1) is 0 Å². The van der Waals surface area contributed by atoms with E-state index in [9.17, 15) is 9.18 Å². The maximum atomic E-state index is 13.2. The number of rotatable bonds is 4. The van der Waals surface area contributed by atoms with Gasteiger partial charge in [0.25, 0.3) is 5.91 Å². The number of para-hydroxylation sites is 1. The van der Waals surface area contributed by atoms with Crippen LogP contribution in [0.5, 0.6) is 5.75 Å². The van der Waals surface area contributed by atoms with E-state index in [1.807, 2.05) is 6.07 Å². The zero-order chi connectivity index (χ0) is 12.8. The van der Waals surface area contributed by atoms with Crippen LogP contribution in [0.15, 0.2) is 48.8 Å². The number of amides is 1. The first kappa shape index (κ1) is 12.0. The van der Waals surface area contributed by atoms with Gasteiger partial charge in [0.2, 0.25) is 0 Å². The van der Waals surface area contributed by atoms with Gasteiger partial charge in [-0.1, -0.05) is 18.2 Å². The molecule has 0 spiro atoms. The van der Waals surface area contributed by atoms with Crippen molar-refractivity contribution in [1.82, 2.24) is 4.98 Å². The number of carbonyl (C=O) groups excluding carboxylic acids is 1. The zero-order valence-electron chi connectivity index (χ0n) is 9.47. The van der Waals surface area contributed by atoms with Crippen LogP contribution in [-0.4, -0.2) is 17.5 Å². The second-order valence-corrected chi connectivity index (χ2v) is 3.51. The number of benzene rings is 1. The summed E-state index contributed by atoms with van der Waals surface area (Å²) in [6.07, 6.45) is 2.43. The first-order valence-electron chi connectivity index (χ1n) is 5.33. The number of anilines is 1. The molecule has 0 saturated carbocycles. The summed E-state index contributed by atoms with van der Waals surface area (Å²) in [5.41, 5.74) is 0.0895. The summed E-state index contributed by atoms with van der Waals surface area (Å²) in [6, 6.07) is 10.3. The Bertz CT molecular complexity index is 532. The standard InChI is InChI=1S/C13H11FN2O2/c14-11-8-15-7-6-12(11)16-13(17)9-18-10-4-2-1-3-5-10/h1-8H,9H2,(H,15,16,17). The first-order chi connectivity index (χ1) is 8.75. The zero-order valence-corrected chi connectivity index (χ0v) is 9.47. The molecule has 0 unspecified atom stereocenters. The van der Waals surface area contributed by atoms with Gasteiger partial charge in [-0.2, -0.15) is 0 Å². The molecule has 92 valence electrons. The molecule has 5 heteroatoms. The molecule has 1 aromatic carbocycles. The summed E-state index contributed by atoms with van der Waals surface area (Å²) < 4.78 is 18.4. The maximum absolute atomic E-state index is 13.2. The predicted octanol–water partition coefficient (Wildman–Crippen LogP) is 2.24. The third-order valence-corrected chi connectivity index (χ3v) is 2.16. The lowest BCUT2D eigenvalue weighted by atomic mass is 10.3. The Hall–Kier alpha value is -2.43. The second kappa shape index (κ2) is 5.77. The van der Waals surface area contributed by atoms with Crippen LogP contribution in [0.25, 0.3) is 0 Å². The summed E-state index contributed by atoms with van der Waals surface area (Å²) in [5, 5.41) is 2.40. The van der Waals surface area contributed by atoms with Gasteiger partial charge in [0.1, 0.15) is 5.75 Å². The molecule has 1 amide bonds. The number of aromatic nitrogens is 1. The van der Waals surface area contributed by atoms with Crippen molar-refractivity contribution < 1.29 is 13.9 Å². The molecule has 2 rings (SSSR count). The van der Waals surface area contributed by atoms with E-state index >= 15 is 0 Å². The van der Waals surface area contributed by atoms with Crippen molar-refractivity contribution in [2.45, 2.75) is 0 Å². The lowest BCUT2D eigenvalue weighted by Crippen LogP contribution is -2.20. The molecule has 0 radical (unpaired) electrons. The Kier molecular flexibility index (Phi) is 3.86. The molecule has 0 saturated heterocycles. The number of pyridine rings is 1. The molecule has 1 aromatic heterocycles. The molecular weight excluding hydrogens is 235 g/mol. The van der Waals surface area contributed by atoms with E-state index in [0.717, 1.165) is 6.20 Å². The van der Waals surface area contributed by atoms with Crippen molar-refractivity contribution in [2.75, 3.05) is 11.9 Å². The molecule has 0 aliphatic heterocycles. The van der Waals surface area contributed by atoms with Crippen LogP contribution < -0.4 is 10.1 Å². The quantitative estimate of drug-likeness (QED) is 0.900. The van der Waals surface area contributed by atoms with Crippen LogP contribution >= 0.6 is 0 Å². The lowest BCUT2D eigenvalue weighted by molar-refractivity contribution is -0.118. The van der Waals surface area contributed by atoms with Crippen molar-refractivity contribution >= 4 is 11.6 Å². The molecule has 0 atom stereocenters. The van der Waals surface area contributed by atoms with Crippen LogP contribution in [0.4, 0.5) is 10.1 Å². The number of ether oxygens (including phenoxy) is 1. The van der Waals surface area contributed by atoms with Crippen LogP contribution in [0, 0.1) is 5.82 Å². The minimum atomic E-state index is -0.578. The molecule has 18 heavy (non-hydrogen) atoms. The molecule has 0 aliphatic carbocycles. The Morgan fingerprint density at radius 2 is 2.06 bits per heavy atom. The minimum Gasteiger partial charge on any atom is -0.484 e. The molecule has 1 N–H and O–H groups in total. The molecule has 2 aromatic rings. The fourth-order valence-electron chi connectivity index (χ4n) is 1.33. The van der Waals surface area contributed by atoms with Crippen molar-refractivity contribution in [2.24, 2.45) is 0 Å². The summed E-state index contributed by atoms with van der Waals surface area (Å²) in [6.45, 7) is -0.175.